The molecule has 0 unspecified atom stereocenters. The van der Waals surface area contributed by atoms with Crippen LogP contribution in [0.25, 0.3) is 0 Å². The minimum atomic E-state index is -0.676. The monoisotopic (exact) mass is 356 g/mol. The van der Waals surface area contributed by atoms with Crippen molar-refractivity contribution in [3.8, 4) is 0 Å². The summed E-state index contributed by atoms with van der Waals surface area (Å²) >= 11 is 0. The number of hydrogen-bond donors (Lipinski definition) is 1. The van der Waals surface area contributed by atoms with E-state index in [0.29, 0.717) is 0 Å². The summed E-state index contributed by atoms with van der Waals surface area (Å²) in [6.45, 7) is 6.21. The fourth-order valence-corrected chi connectivity index (χ4v) is 3.96. The summed E-state index contributed by atoms with van der Waals surface area (Å²) in [6.07, 6.45) is 0. The van der Waals surface area contributed by atoms with Crippen molar-refractivity contribution in [3.63, 3.8) is 0 Å². The number of anilines is 3. The Morgan fingerprint density at radius 3 is 2.52 bits per heavy atom. The number of likely N-dealkylation sites (N-methyl/N-ethyl adjacent to an activating group) is 1. The third kappa shape index (κ3) is 2.71. The molecular weight excluding hydrogens is 332 g/mol. The van der Waals surface area contributed by atoms with Gasteiger partial charge in [0.25, 0.3) is 0 Å². The van der Waals surface area contributed by atoms with Crippen molar-refractivity contribution in [1.82, 2.24) is 0 Å². The van der Waals surface area contributed by atoms with Gasteiger partial charge in [-0.25, -0.2) is 0 Å². The lowest BCUT2D eigenvalue weighted by molar-refractivity contribution is -0.121. The number of hydrogen-bond acceptors (Lipinski definition) is 2. The van der Waals surface area contributed by atoms with Crippen LogP contribution in [-0.4, -0.2) is 13.0 Å². The zero-order chi connectivity index (χ0) is 19.2. The average Bonchev–Trinajstić information content (AvgIpc) is 2.88. The number of fused-ring (bicyclic) bond motifs is 1. The highest BCUT2D eigenvalue weighted by Crippen LogP contribution is 2.45. The Morgan fingerprint density at radius 2 is 1.70 bits per heavy atom. The van der Waals surface area contributed by atoms with Gasteiger partial charge < -0.3 is 10.2 Å². The summed E-state index contributed by atoms with van der Waals surface area (Å²) in [5, 5.41) is 3.52. The normalized spacial score (nSPS) is 18.5. The molecular formula is C24H24N2O. The highest BCUT2D eigenvalue weighted by molar-refractivity contribution is 6.09. The van der Waals surface area contributed by atoms with Gasteiger partial charge in [0, 0.05) is 24.1 Å². The number of amides is 1. The Morgan fingerprint density at radius 1 is 0.926 bits per heavy atom. The van der Waals surface area contributed by atoms with E-state index in [0.717, 1.165) is 28.2 Å². The Kier molecular flexibility index (Phi) is 4.03. The lowest BCUT2D eigenvalue weighted by atomic mass is 9.77. The molecule has 0 aromatic heterocycles. The first kappa shape index (κ1) is 17.3. The van der Waals surface area contributed by atoms with Gasteiger partial charge in [-0.05, 0) is 67.3 Å². The van der Waals surface area contributed by atoms with Crippen LogP contribution in [0.4, 0.5) is 17.1 Å². The Bertz CT molecular complexity index is 1040. The predicted octanol–water partition coefficient (Wildman–Crippen LogP) is 5.33. The SMILES string of the molecule is Cc1ccc(C)c(Nc2cccc([C@]3(C)C(=O)N(C)c4ccccc43)c2)c1. The van der Waals surface area contributed by atoms with Gasteiger partial charge in [-0.2, -0.15) is 0 Å². The van der Waals surface area contributed by atoms with Gasteiger partial charge in [0.1, 0.15) is 0 Å². The minimum Gasteiger partial charge on any atom is -0.355 e. The number of aryl methyl sites for hydroxylation is 2. The van der Waals surface area contributed by atoms with E-state index in [1.54, 1.807) is 4.90 Å². The molecule has 0 bridgehead atoms. The molecule has 0 spiro atoms. The molecule has 0 aliphatic carbocycles. The molecule has 3 nitrogen and oxygen atoms in total. The quantitative estimate of drug-likeness (QED) is 0.688. The second-order valence-corrected chi connectivity index (χ2v) is 7.53. The third-order valence-corrected chi connectivity index (χ3v) is 5.65. The minimum absolute atomic E-state index is 0.104. The van der Waals surface area contributed by atoms with Crippen LogP contribution in [0.2, 0.25) is 0 Å². The van der Waals surface area contributed by atoms with E-state index in [-0.39, 0.29) is 5.91 Å². The van der Waals surface area contributed by atoms with E-state index in [2.05, 4.69) is 49.5 Å². The van der Waals surface area contributed by atoms with Crippen molar-refractivity contribution in [2.24, 2.45) is 0 Å². The summed E-state index contributed by atoms with van der Waals surface area (Å²) < 4.78 is 0. The maximum atomic E-state index is 13.2. The third-order valence-electron chi connectivity index (χ3n) is 5.65. The molecule has 1 aliphatic rings. The molecule has 1 aliphatic heterocycles. The van der Waals surface area contributed by atoms with Gasteiger partial charge in [-0.3, -0.25) is 4.79 Å². The first-order chi connectivity index (χ1) is 12.9. The van der Waals surface area contributed by atoms with Crippen LogP contribution in [0.5, 0.6) is 0 Å². The number of carbonyl (C=O) groups is 1. The van der Waals surface area contributed by atoms with Crippen molar-refractivity contribution in [1.29, 1.82) is 0 Å². The molecule has 3 heteroatoms. The number of nitrogens with zero attached hydrogens (tertiary/aromatic N) is 1. The average molecular weight is 356 g/mol. The number of nitrogens with one attached hydrogen (secondary N) is 1. The maximum Gasteiger partial charge on any atom is 0.241 e. The van der Waals surface area contributed by atoms with Crippen molar-refractivity contribution in [2.75, 3.05) is 17.3 Å². The van der Waals surface area contributed by atoms with Crippen molar-refractivity contribution < 1.29 is 4.79 Å². The Labute approximate surface area is 160 Å². The zero-order valence-electron chi connectivity index (χ0n) is 16.2. The van der Waals surface area contributed by atoms with Crippen molar-refractivity contribution in [3.05, 3.63) is 89.0 Å². The fourth-order valence-electron chi connectivity index (χ4n) is 3.96. The Balaban J connectivity index is 1.77. The fraction of sp³-hybridized carbons (Fsp3) is 0.208. The van der Waals surface area contributed by atoms with Crippen LogP contribution in [0.1, 0.15) is 29.2 Å². The van der Waals surface area contributed by atoms with Gasteiger partial charge in [0.05, 0.1) is 5.41 Å². The van der Waals surface area contributed by atoms with Crippen LogP contribution in [-0.2, 0) is 10.2 Å². The van der Waals surface area contributed by atoms with Crippen LogP contribution in [0.3, 0.4) is 0 Å². The summed E-state index contributed by atoms with van der Waals surface area (Å²) in [5.74, 6) is 0.104. The predicted molar refractivity (Wildman–Crippen MR) is 112 cm³/mol. The van der Waals surface area contributed by atoms with Crippen LogP contribution < -0.4 is 10.2 Å². The lowest BCUT2D eigenvalue weighted by Crippen LogP contribution is -2.37. The van der Waals surface area contributed by atoms with E-state index in [4.69, 9.17) is 0 Å². The van der Waals surface area contributed by atoms with Crippen molar-refractivity contribution >= 4 is 23.0 Å². The lowest BCUT2D eigenvalue weighted by Gasteiger charge is -2.25. The molecule has 0 radical (unpaired) electrons. The van der Waals surface area contributed by atoms with Gasteiger partial charge in [0.15, 0.2) is 0 Å². The first-order valence-corrected chi connectivity index (χ1v) is 9.24. The zero-order valence-corrected chi connectivity index (χ0v) is 16.2. The van der Waals surface area contributed by atoms with E-state index < -0.39 is 5.41 Å². The molecule has 0 saturated heterocycles. The molecule has 1 heterocycles. The smallest absolute Gasteiger partial charge is 0.241 e. The molecule has 3 aromatic rings. The summed E-state index contributed by atoms with van der Waals surface area (Å²) in [4.78, 5) is 14.9. The molecule has 0 fully saturated rings. The molecule has 4 rings (SSSR count). The highest BCUT2D eigenvalue weighted by atomic mass is 16.2. The standard InChI is InChI=1S/C24H24N2O/c1-16-12-13-17(2)21(14-16)25-19-9-7-8-18(15-19)24(3)20-10-5-6-11-22(20)26(4)23(24)27/h5-15,25H,1-4H3/t24-/m0/s1. The number of carbonyl (C=O) groups excluding carboxylic acids is 1. The largest absolute Gasteiger partial charge is 0.355 e. The van der Waals surface area contributed by atoms with Gasteiger partial charge in [0.2, 0.25) is 5.91 Å². The number of rotatable bonds is 3. The molecule has 3 aromatic carbocycles. The molecule has 1 atom stereocenters. The highest BCUT2D eigenvalue weighted by Gasteiger charge is 2.47. The van der Waals surface area contributed by atoms with Gasteiger partial charge >= 0.3 is 0 Å². The second-order valence-electron chi connectivity index (χ2n) is 7.53. The van der Waals surface area contributed by atoms with Crippen LogP contribution >= 0.6 is 0 Å². The molecule has 27 heavy (non-hydrogen) atoms. The number of para-hydroxylation sites is 1. The van der Waals surface area contributed by atoms with Gasteiger partial charge in [-0.1, -0.05) is 42.5 Å². The molecule has 1 amide bonds. The van der Waals surface area contributed by atoms with E-state index in [9.17, 15) is 4.79 Å². The van der Waals surface area contributed by atoms with E-state index >= 15 is 0 Å². The molecule has 0 saturated carbocycles. The summed E-state index contributed by atoms with van der Waals surface area (Å²) in [6, 6.07) is 22.6. The van der Waals surface area contributed by atoms with Gasteiger partial charge in [-0.15, -0.1) is 0 Å². The molecule has 136 valence electrons. The first-order valence-electron chi connectivity index (χ1n) is 9.24. The topological polar surface area (TPSA) is 32.3 Å². The molecule has 1 N–H and O–H groups in total. The number of benzene rings is 3. The Hall–Kier alpha value is -3.07. The second kappa shape index (κ2) is 6.27. The summed E-state index contributed by atoms with van der Waals surface area (Å²) in [5.41, 5.74) is 6.85. The summed E-state index contributed by atoms with van der Waals surface area (Å²) in [7, 11) is 1.85. The maximum absolute atomic E-state index is 13.2. The van der Waals surface area contributed by atoms with E-state index in [1.807, 2.05) is 50.4 Å². The van der Waals surface area contributed by atoms with Crippen molar-refractivity contribution in [2.45, 2.75) is 26.2 Å². The van der Waals surface area contributed by atoms with E-state index in [1.165, 1.54) is 11.1 Å². The van der Waals surface area contributed by atoms with Crippen LogP contribution in [0.15, 0.2) is 66.7 Å². The van der Waals surface area contributed by atoms with Crippen LogP contribution in [0, 0.1) is 13.8 Å².